The third-order valence-corrected chi connectivity index (χ3v) is 7.62. The minimum atomic E-state index is -3.43. The van der Waals surface area contributed by atoms with Gasteiger partial charge >= 0.3 is 0 Å². The van der Waals surface area contributed by atoms with Crippen LogP contribution >= 0.6 is 0 Å². The van der Waals surface area contributed by atoms with Crippen LogP contribution in [-0.2, 0) is 10.0 Å². The summed E-state index contributed by atoms with van der Waals surface area (Å²) in [4.78, 5) is 14.6. The molecule has 0 aromatic heterocycles. The molecule has 1 aliphatic rings. The van der Waals surface area contributed by atoms with E-state index in [1.54, 1.807) is 0 Å². The molecule has 2 aromatic rings. The van der Waals surface area contributed by atoms with Crippen molar-refractivity contribution in [2.75, 3.05) is 36.7 Å². The molecule has 1 aliphatic heterocycles. The predicted octanol–water partition coefficient (Wildman–Crippen LogP) is 4.90. The lowest BCUT2D eigenvalue weighted by Gasteiger charge is -2.23. The quantitative estimate of drug-likeness (QED) is 0.504. The second kappa shape index (κ2) is 12.2. The van der Waals surface area contributed by atoms with Crippen molar-refractivity contribution in [2.45, 2.75) is 46.5 Å². The van der Waals surface area contributed by atoms with Gasteiger partial charge in [0.25, 0.3) is 5.91 Å². The Morgan fingerprint density at radius 1 is 0.941 bits per heavy atom. The van der Waals surface area contributed by atoms with Crippen LogP contribution in [0, 0.1) is 0 Å². The van der Waals surface area contributed by atoms with Gasteiger partial charge in [0.05, 0.1) is 11.4 Å². The van der Waals surface area contributed by atoms with Crippen molar-refractivity contribution in [3.05, 3.63) is 70.8 Å². The SMILES string of the molecule is CCCCS(=O)(=O)Nc1ccccc1C(=C1CCNCC1)c1ccc(C(=O)N(CC)CC)cc1. The molecule has 0 saturated carbocycles. The number of benzene rings is 2. The van der Waals surface area contributed by atoms with Gasteiger partial charge in [-0.3, -0.25) is 9.52 Å². The standard InChI is InChI=1S/C27H37N3O3S/c1-4-7-20-34(32,33)29-25-11-9-8-10-24(25)26(22-16-18-28-19-17-22)21-12-14-23(15-13-21)27(31)30(5-2)6-3/h8-15,28-29H,4-7,16-20H2,1-3H3. The second-order valence-corrected chi connectivity index (χ2v) is 10.4. The molecule has 0 radical (unpaired) electrons. The number of piperidine rings is 1. The highest BCUT2D eigenvalue weighted by molar-refractivity contribution is 7.92. The molecule has 1 saturated heterocycles. The smallest absolute Gasteiger partial charge is 0.253 e. The van der Waals surface area contributed by atoms with Crippen molar-refractivity contribution in [3.63, 3.8) is 0 Å². The molecule has 34 heavy (non-hydrogen) atoms. The third-order valence-electron chi connectivity index (χ3n) is 6.26. The van der Waals surface area contributed by atoms with Gasteiger partial charge in [0, 0.05) is 24.2 Å². The maximum absolute atomic E-state index is 12.8. The van der Waals surface area contributed by atoms with Crippen molar-refractivity contribution in [2.24, 2.45) is 0 Å². The van der Waals surface area contributed by atoms with Gasteiger partial charge in [-0.25, -0.2) is 8.42 Å². The number of hydrogen-bond donors (Lipinski definition) is 2. The van der Waals surface area contributed by atoms with Crippen LogP contribution in [-0.4, -0.2) is 51.2 Å². The van der Waals surface area contributed by atoms with Crippen molar-refractivity contribution < 1.29 is 13.2 Å². The topological polar surface area (TPSA) is 78.5 Å². The molecular weight excluding hydrogens is 446 g/mol. The Morgan fingerprint density at radius 3 is 2.18 bits per heavy atom. The summed E-state index contributed by atoms with van der Waals surface area (Å²) < 4.78 is 28.2. The van der Waals surface area contributed by atoms with E-state index in [1.807, 2.05) is 74.2 Å². The summed E-state index contributed by atoms with van der Waals surface area (Å²) in [5.41, 5.74) is 5.48. The number of unbranched alkanes of at least 4 members (excludes halogenated alkanes) is 1. The summed E-state index contributed by atoms with van der Waals surface area (Å²) in [6, 6.07) is 15.4. The van der Waals surface area contributed by atoms with Gasteiger partial charge in [-0.2, -0.15) is 0 Å². The normalized spacial score (nSPS) is 14.0. The molecule has 0 aliphatic carbocycles. The van der Waals surface area contributed by atoms with Gasteiger partial charge < -0.3 is 10.2 Å². The lowest BCUT2D eigenvalue weighted by molar-refractivity contribution is 0.0773. The van der Waals surface area contributed by atoms with Crippen LogP contribution in [0.4, 0.5) is 5.69 Å². The van der Waals surface area contributed by atoms with E-state index in [9.17, 15) is 13.2 Å². The van der Waals surface area contributed by atoms with E-state index in [0.717, 1.165) is 49.1 Å². The van der Waals surface area contributed by atoms with Gasteiger partial charge in [-0.15, -0.1) is 0 Å². The first-order valence-electron chi connectivity index (χ1n) is 12.3. The molecule has 1 amide bonds. The number of anilines is 1. The molecule has 0 unspecified atom stereocenters. The van der Waals surface area contributed by atoms with Crippen LogP contribution in [0.25, 0.3) is 5.57 Å². The predicted molar refractivity (Wildman–Crippen MR) is 141 cm³/mol. The van der Waals surface area contributed by atoms with Gasteiger partial charge in [-0.1, -0.05) is 49.2 Å². The minimum absolute atomic E-state index is 0.0247. The summed E-state index contributed by atoms with van der Waals surface area (Å²) in [7, 11) is -3.43. The van der Waals surface area contributed by atoms with Gasteiger partial charge in [0.1, 0.15) is 0 Å². The van der Waals surface area contributed by atoms with Crippen LogP contribution in [0.5, 0.6) is 0 Å². The third kappa shape index (κ3) is 6.48. The van der Waals surface area contributed by atoms with Gasteiger partial charge in [0.15, 0.2) is 0 Å². The van der Waals surface area contributed by atoms with E-state index < -0.39 is 10.0 Å². The fraction of sp³-hybridized carbons (Fsp3) is 0.444. The molecule has 3 rings (SSSR count). The van der Waals surface area contributed by atoms with Gasteiger partial charge in [-0.05, 0) is 75.5 Å². The van der Waals surface area contributed by atoms with Crippen molar-refractivity contribution in [1.82, 2.24) is 10.2 Å². The summed E-state index contributed by atoms with van der Waals surface area (Å²) in [6.07, 6.45) is 3.24. The number of amides is 1. The number of para-hydroxylation sites is 1. The maximum atomic E-state index is 12.8. The lowest BCUT2D eigenvalue weighted by Crippen LogP contribution is -2.30. The zero-order chi connectivity index (χ0) is 24.6. The highest BCUT2D eigenvalue weighted by Gasteiger charge is 2.20. The first-order chi connectivity index (χ1) is 16.4. The highest BCUT2D eigenvalue weighted by Crippen LogP contribution is 2.35. The Hall–Kier alpha value is -2.64. The Bertz CT molecular complexity index is 1100. The van der Waals surface area contributed by atoms with Gasteiger partial charge in [0.2, 0.25) is 10.0 Å². The van der Waals surface area contributed by atoms with Crippen LogP contribution in [0.2, 0.25) is 0 Å². The summed E-state index contributed by atoms with van der Waals surface area (Å²) in [6.45, 7) is 9.07. The molecular formula is C27H37N3O3S. The van der Waals surface area contributed by atoms with Crippen LogP contribution in [0.3, 0.4) is 0 Å². The summed E-state index contributed by atoms with van der Waals surface area (Å²) in [5.74, 6) is 0.132. The highest BCUT2D eigenvalue weighted by atomic mass is 32.2. The molecule has 0 bridgehead atoms. The Kier molecular flexibility index (Phi) is 9.30. The fourth-order valence-corrected chi connectivity index (χ4v) is 5.63. The van der Waals surface area contributed by atoms with E-state index in [4.69, 9.17) is 0 Å². The summed E-state index contributed by atoms with van der Waals surface area (Å²) >= 11 is 0. The zero-order valence-electron chi connectivity index (χ0n) is 20.6. The van der Waals surface area contributed by atoms with Crippen molar-refractivity contribution in [3.8, 4) is 0 Å². The number of rotatable bonds is 10. The molecule has 0 atom stereocenters. The fourth-order valence-electron chi connectivity index (χ4n) is 4.34. The average molecular weight is 484 g/mol. The number of carbonyl (C=O) groups is 1. The minimum Gasteiger partial charge on any atom is -0.339 e. The lowest BCUT2D eigenvalue weighted by atomic mass is 9.87. The molecule has 2 N–H and O–H groups in total. The molecule has 6 nitrogen and oxygen atoms in total. The number of nitrogens with one attached hydrogen (secondary N) is 2. The number of sulfonamides is 1. The van der Waals surface area contributed by atoms with E-state index in [2.05, 4.69) is 10.0 Å². The van der Waals surface area contributed by atoms with E-state index in [0.29, 0.717) is 30.8 Å². The molecule has 184 valence electrons. The largest absolute Gasteiger partial charge is 0.339 e. The first kappa shape index (κ1) is 26.0. The van der Waals surface area contributed by atoms with Crippen LogP contribution in [0.15, 0.2) is 54.1 Å². The number of carbonyl (C=O) groups excluding carboxylic acids is 1. The van der Waals surface area contributed by atoms with Crippen LogP contribution < -0.4 is 10.0 Å². The second-order valence-electron chi connectivity index (χ2n) is 8.60. The molecule has 2 aromatic carbocycles. The molecule has 1 fully saturated rings. The van der Waals surface area contributed by atoms with E-state index >= 15 is 0 Å². The Labute approximate surface area is 204 Å². The Morgan fingerprint density at radius 2 is 1.56 bits per heavy atom. The van der Waals surface area contributed by atoms with Crippen molar-refractivity contribution in [1.29, 1.82) is 0 Å². The summed E-state index contributed by atoms with van der Waals surface area (Å²) in [5, 5.41) is 3.40. The maximum Gasteiger partial charge on any atom is 0.253 e. The zero-order valence-corrected chi connectivity index (χ0v) is 21.4. The van der Waals surface area contributed by atoms with Crippen LogP contribution in [0.1, 0.15) is 67.9 Å². The average Bonchev–Trinajstić information content (AvgIpc) is 2.85. The first-order valence-corrected chi connectivity index (χ1v) is 14.0. The van der Waals surface area contributed by atoms with E-state index in [-0.39, 0.29) is 11.7 Å². The van der Waals surface area contributed by atoms with E-state index in [1.165, 1.54) is 5.57 Å². The number of hydrogen-bond acceptors (Lipinski definition) is 4. The Balaban J connectivity index is 2.04. The molecule has 1 heterocycles. The number of nitrogens with zero attached hydrogens (tertiary/aromatic N) is 1. The molecule has 7 heteroatoms. The monoisotopic (exact) mass is 483 g/mol. The molecule has 0 spiro atoms. The van der Waals surface area contributed by atoms with Crippen molar-refractivity contribution >= 4 is 27.2 Å².